The van der Waals surface area contributed by atoms with Crippen LogP contribution in [0.2, 0.25) is 0 Å². The molecule has 4 rings (SSSR count). The molecule has 1 aromatic carbocycles. The Balaban J connectivity index is 1.48. The molecule has 1 saturated carbocycles. The number of aryl methyl sites for hydroxylation is 1. The summed E-state index contributed by atoms with van der Waals surface area (Å²) in [4.78, 5) is 55.4. The van der Waals surface area contributed by atoms with Gasteiger partial charge in [-0.15, -0.1) is 0 Å². The fourth-order valence-electron chi connectivity index (χ4n) is 6.01. The number of benzene rings is 1. The monoisotopic (exact) mass is 628 g/mol. The van der Waals surface area contributed by atoms with Crippen LogP contribution in [-0.2, 0) is 35.1 Å². The van der Waals surface area contributed by atoms with E-state index in [0.29, 0.717) is 51.9 Å². The highest BCUT2D eigenvalue weighted by molar-refractivity contribution is 5.98. The van der Waals surface area contributed by atoms with Gasteiger partial charge >= 0.3 is 0 Å². The number of carbonyl (C=O) groups is 4. The number of hydrogen-bond acceptors (Lipinski definition) is 8. The summed E-state index contributed by atoms with van der Waals surface area (Å²) in [6.07, 6.45) is 6.99. The molecule has 2 saturated heterocycles. The Hall–Kier alpha value is -3.02. The van der Waals surface area contributed by atoms with Crippen molar-refractivity contribution < 1.29 is 33.4 Å². The lowest BCUT2D eigenvalue weighted by molar-refractivity contribution is -0.134. The van der Waals surface area contributed by atoms with E-state index in [9.17, 15) is 19.2 Å². The molecule has 0 unspecified atom stereocenters. The van der Waals surface area contributed by atoms with Crippen LogP contribution in [0, 0.1) is 12.8 Å². The van der Waals surface area contributed by atoms with Gasteiger partial charge in [0.1, 0.15) is 23.4 Å². The molecule has 1 aromatic rings. The van der Waals surface area contributed by atoms with Crippen molar-refractivity contribution in [1.82, 2.24) is 20.9 Å². The van der Waals surface area contributed by atoms with Gasteiger partial charge in [-0.3, -0.25) is 24.1 Å². The van der Waals surface area contributed by atoms with E-state index >= 15 is 0 Å². The van der Waals surface area contributed by atoms with E-state index in [1.807, 2.05) is 30.0 Å². The van der Waals surface area contributed by atoms with Crippen molar-refractivity contribution in [3.63, 3.8) is 0 Å². The quantitative estimate of drug-likeness (QED) is 0.177. The number of epoxide rings is 1. The minimum absolute atomic E-state index is 0.126. The predicted molar refractivity (Wildman–Crippen MR) is 170 cm³/mol. The predicted octanol–water partition coefficient (Wildman–Crippen LogP) is 2.46. The molecule has 3 fully saturated rings. The van der Waals surface area contributed by atoms with Crippen molar-refractivity contribution in [2.24, 2.45) is 5.92 Å². The van der Waals surface area contributed by atoms with E-state index in [2.05, 4.69) is 22.9 Å². The molecule has 2 aliphatic heterocycles. The van der Waals surface area contributed by atoms with Crippen molar-refractivity contribution in [1.29, 1.82) is 0 Å². The van der Waals surface area contributed by atoms with E-state index in [-0.39, 0.29) is 24.7 Å². The van der Waals surface area contributed by atoms with E-state index in [0.717, 1.165) is 55.4 Å². The Morgan fingerprint density at radius 3 is 2.40 bits per heavy atom. The minimum Gasteiger partial charge on any atom is -0.493 e. The third kappa shape index (κ3) is 10.5. The maximum atomic E-state index is 13.9. The van der Waals surface area contributed by atoms with Crippen molar-refractivity contribution in [3.8, 4) is 5.75 Å². The fourth-order valence-corrected chi connectivity index (χ4v) is 6.01. The molecule has 250 valence electrons. The second-order valence-electron chi connectivity index (χ2n) is 13.1. The van der Waals surface area contributed by atoms with Crippen LogP contribution in [0.15, 0.2) is 18.2 Å². The Morgan fingerprint density at radius 2 is 1.73 bits per heavy atom. The molecule has 2 heterocycles. The number of carbonyl (C=O) groups excluding carboxylic acids is 4. The van der Waals surface area contributed by atoms with E-state index in [4.69, 9.17) is 14.2 Å². The first-order chi connectivity index (χ1) is 21.6. The Bertz CT molecular complexity index is 1180. The highest BCUT2D eigenvalue weighted by Gasteiger charge is 2.50. The molecule has 3 N–H and O–H groups in total. The number of amides is 3. The molecule has 0 bridgehead atoms. The molecule has 0 spiro atoms. The van der Waals surface area contributed by atoms with Crippen LogP contribution in [0.25, 0.3) is 0 Å². The number of Topliss-reactive ketones (excluding diaryl/α,β-unsaturated/α-hetero) is 1. The van der Waals surface area contributed by atoms with E-state index < -0.39 is 35.5 Å². The van der Waals surface area contributed by atoms with Gasteiger partial charge in [0.15, 0.2) is 5.78 Å². The largest absolute Gasteiger partial charge is 0.493 e. The second-order valence-corrected chi connectivity index (χ2v) is 13.1. The zero-order chi connectivity index (χ0) is 32.4. The number of unbranched alkanes of at least 4 members (excludes halogenated alkanes) is 1. The van der Waals surface area contributed by atoms with Crippen LogP contribution in [0.3, 0.4) is 0 Å². The standard InChI is InChI=1S/C34H52N4O7/c1-5-6-15-44-29-20-26(12-11-23(29)2)19-28(37-32(41)24(3)35-30(39)21-38-13-16-43-17-14-38)33(42)36-27(18-25-9-7-8-10-25)31(40)34(4)22-45-34/h11-12,20,24-25,27-28H,5-10,13-19,21-22H2,1-4H3,(H,35,39)(H,36,42)(H,37,41)/t24-,27-,28-,34+/m0/s1. The number of nitrogens with zero attached hydrogens (tertiary/aromatic N) is 1. The molecular weight excluding hydrogens is 576 g/mol. The van der Waals surface area contributed by atoms with Crippen molar-refractivity contribution in [2.75, 3.05) is 46.1 Å². The van der Waals surface area contributed by atoms with Crippen LogP contribution >= 0.6 is 0 Å². The van der Waals surface area contributed by atoms with E-state index in [1.165, 1.54) is 0 Å². The number of morpholine rings is 1. The Kier molecular flexibility index (Phi) is 12.8. The van der Waals surface area contributed by atoms with Crippen molar-refractivity contribution in [2.45, 2.75) is 103 Å². The number of ketones is 1. The zero-order valence-electron chi connectivity index (χ0n) is 27.5. The van der Waals surface area contributed by atoms with Gasteiger partial charge < -0.3 is 30.2 Å². The fraction of sp³-hybridized carbons (Fsp3) is 0.706. The number of nitrogens with one attached hydrogen (secondary N) is 3. The summed E-state index contributed by atoms with van der Waals surface area (Å²) in [5.41, 5.74) is 0.917. The number of hydrogen-bond donors (Lipinski definition) is 3. The smallest absolute Gasteiger partial charge is 0.243 e. The summed E-state index contributed by atoms with van der Waals surface area (Å²) in [7, 11) is 0. The van der Waals surface area contributed by atoms with Crippen molar-refractivity contribution in [3.05, 3.63) is 29.3 Å². The van der Waals surface area contributed by atoms with Crippen LogP contribution < -0.4 is 20.7 Å². The van der Waals surface area contributed by atoms with Crippen LogP contribution in [0.4, 0.5) is 0 Å². The molecule has 11 nitrogen and oxygen atoms in total. The van der Waals surface area contributed by atoms with Crippen LogP contribution in [-0.4, -0.2) is 98.2 Å². The molecule has 0 radical (unpaired) electrons. The van der Waals surface area contributed by atoms with Crippen LogP contribution in [0.1, 0.15) is 76.8 Å². The average Bonchev–Trinajstić information content (AvgIpc) is 3.56. The highest BCUT2D eigenvalue weighted by Crippen LogP contribution is 2.33. The first kappa shape index (κ1) is 34.8. The van der Waals surface area contributed by atoms with Gasteiger partial charge in [0.05, 0.1) is 39.0 Å². The van der Waals surface area contributed by atoms with Gasteiger partial charge in [0, 0.05) is 19.5 Å². The Labute approximate surface area is 267 Å². The molecule has 0 aromatic heterocycles. The third-order valence-electron chi connectivity index (χ3n) is 9.10. The zero-order valence-corrected chi connectivity index (χ0v) is 27.5. The van der Waals surface area contributed by atoms with Gasteiger partial charge in [-0.25, -0.2) is 0 Å². The summed E-state index contributed by atoms with van der Waals surface area (Å²) in [6.45, 7) is 11.0. The van der Waals surface area contributed by atoms with Gasteiger partial charge in [0.25, 0.3) is 0 Å². The first-order valence-electron chi connectivity index (χ1n) is 16.7. The minimum atomic E-state index is -0.978. The summed E-state index contributed by atoms with van der Waals surface area (Å²) >= 11 is 0. The van der Waals surface area contributed by atoms with Gasteiger partial charge in [-0.05, 0) is 56.7 Å². The molecule has 11 heteroatoms. The SMILES string of the molecule is CCCCOc1cc(C[C@H](NC(=O)[C@H](C)NC(=O)CN2CCOCC2)C(=O)N[C@@H](CC2CCCC2)C(=O)[C@@]2(C)CO2)ccc1C. The molecule has 1 aliphatic carbocycles. The molecule has 3 aliphatic rings. The normalized spacial score (nSPS) is 22.2. The van der Waals surface area contributed by atoms with Gasteiger partial charge in [0.2, 0.25) is 17.7 Å². The summed E-state index contributed by atoms with van der Waals surface area (Å²) in [5.74, 6) is -0.219. The summed E-state index contributed by atoms with van der Waals surface area (Å²) in [5, 5.41) is 8.63. The lowest BCUT2D eigenvalue weighted by atomic mass is 9.90. The van der Waals surface area contributed by atoms with Crippen LogP contribution in [0.5, 0.6) is 5.75 Å². The second kappa shape index (κ2) is 16.5. The molecule has 45 heavy (non-hydrogen) atoms. The van der Waals surface area contributed by atoms with Gasteiger partial charge in [-0.1, -0.05) is 51.2 Å². The molecule has 3 amide bonds. The highest BCUT2D eigenvalue weighted by atomic mass is 16.6. The van der Waals surface area contributed by atoms with Crippen molar-refractivity contribution >= 4 is 23.5 Å². The molecular formula is C34H52N4O7. The topological polar surface area (TPSA) is 139 Å². The van der Waals surface area contributed by atoms with E-state index in [1.54, 1.807) is 13.8 Å². The first-order valence-corrected chi connectivity index (χ1v) is 16.7. The lowest BCUT2D eigenvalue weighted by Crippen LogP contribution is -2.57. The lowest BCUT2D eigenvalue weighted by Gasteiger charge is -2.27. The number of rotatable bonds is 17. The number of ether oxygens (including phenoxy) is 3. The summed E-state index contributed by atoms with van der Waals surface area (Å²) in [6, 6.07) is 3.22. The third-order valence-corrected chi connectivity index (χ3v) is 9.10. The summed E-state index contributed by atoms with van der Waals surface area (Å²) < 4.78 is 16.8. The molecule has 4 atom stereocenters. The Morgan fingerprint density at radius 1 is 1.04 bits per heavy atom. The van der Waals surface area contributed by atoms with Gasteiger partial charge in [-0.2, -0.15) is 0 Å². The average molecular weight is 629 g/mol. The maximum absolute atomic E-state index is 13.9. The maximum Gasteiger partial charge on any atom is 0.243 e.